The summed E-state index contributed by atoms with van der Waals surface area (Å²) in [5, 5.41) is 13.8. The predicted molar refractivity (Wildman–Crippen MR) is 138 cm³/mol. The third kappa shape index (κ3) is 5.22. The number of aliphatic hydroxyl groups is 1. The molecule has 8 nitrogen and oxygen atoms in total. The Morgan fingerprint density at radius 1 is 1.05 bits per heavy atom. The Balaban J connectivity index is 1.46. The molecule has 1 saturated heterocycles. The molecular weight excluding hydrogens is 549 g/mol. The molecule has 2 aromatic carbocycles. The van der Waals surface area contributed by atoms with Gasteiger partial charge in [-0.1, -0.05) is 6.07 Å². The van der Waals surface area contributed by atoms with E-state index in [1.54, 1.807) is 29.2 Å². The molecule has 4 aromatic rings. The highest BCUT2D eigenvalue weighted by molar-refractivity contribution is 6.00. The highest BCUT2D eigenvalue weighted by Gasteiger charge is 2.39. The molecule has 1 amide bonds. The second-order valence-electron chi connectivity index (χ2n) is 9.62. The van der Waals surface area contributed by atoms with Crippen molar-refractivity contribution >= 4 is 11.6 Å². The van der Waals surface area contributed by atoms with Gasteiger partial charge in [0.05, 0.1) is 31.6 Å². The Kier molecular flexibility index (Phi) is 7.66. The summed E-state index contributed by atoms with van der Waals surface area (Å²) in [6, 6.07) is 8.85. The maximum atomic E-state index is 14.4. The molecule has 0 bridgehead atoms. The molecule has 1 aliphatic heterocycles. The van der Waals surface area contributed by atoms with E-state index in [1.807, 2.05) is 0 Å². The number of rotatable bonds is 6. The number of aliphatic hydroxyl groups excluding tert-OH is 1. The molecule has 2 aromatic heterocycles. The Morgan fingerprint density at radius 3 is 2.24 bits per heavy atom. The van der Waals surface area contributed by atoms with E-state index in [-0.39, 0.29) is 54.2 Å². The lowest BCUT2D eigenvalue weighted by molar-refractivity contribution is -0.143. The number of hydrogen-bond donors (Lipinski definition) is 1. The number of aromatic nitrogens is 3. The summed E-state index contributed by atoms with van der Waals surface area (Å²) in [6.07, 6.45) is -3.72. The van der Waals surface area contributed by atoms with Gasteiger partial charge in [0.2, 0.25) is 0 Å². The van der Waals surface area contributed by atoms with Crippen LogP contribution < -0.4 is 4.74 Å². The van der Waals surface area contributed by atoms with Crippen molar-refractivity contribution in [3.63, 3.8) is 0 Å². The van der Waals surface area contributed by atoms with Crippen molar-refractivity contribution in [3.8, 4) is 17.0 Å². The van der Waals surface area contributed by atoms with Gasteiger partial charge in [-0.05, 0) is 43.3 Å². The first-order valence-electron chi connectivity index (χ1n) is 12.7. The molecule has 216 valence electrons. The van der Waals surface area contributed by atoms with E-state index < -0.39 is 42.1 Å². The minimum atomic E-state index is -4.79. The van der Waals surface area contributed by atoms with Crippen molar-refractivity contribution in [1.82, 2.24) is 24.4 Å². The first-order valence-corrected chi connectivity index (χ1v) is 12.7. The number of carbonyl (C=O) groups is 1. The van der Waals surface area contributed by atoms with Crippen LogP contribution in [0.15, 0.2) is 48.7 Å². The minimum absolute atomic E-state index is 0.0459. The summed E-state index contributed by atoms with van der Waals surface area (Å²) in [5.41, 5.74) is -1.37. The van der Waals surface area contributed by atoms with Crippen molar-refractivity contribution in [2.45, 2.75) is 19.1 Å². The van der Waals surface area contributed by atoms with Crippen LogP contribution >= 0.6 is 0 Å². The topological polar surface area (TPSA) is 83.2 Å². The maximum absolute atomic E-state index is 14.4. The number of ether oxygens (including phenoxy) is 1. The van der Waals surface area contributed by atoms with Gasteiger partial charge in [0.1, 0.15) is 22.9 Å². The quantitative estimate of drug-likeness (QED) is 0.341. The largest absolute Gasteiger partial charge is 0.497 e. The third-order valence-corrected chi connectivity index (χ3v) is 7.29. The fourth-order valence-electron chi connectivity index (χ4n) is 5.21. The molecule has 0 spiro atoms. The molecule has 1 aliphatic rings. The smallest absolute Gasteiger partial charge is 0.433 e. The average molecular weight is 576 g/mol. The standard InChI is InChI=1S/C28H26F5N5O3/c1-16-24(17-6-8-18(41-2)9-7-17)35-26-19(14-34-38(26)25(16)28(31,32)33)27(40)37-12-10-36(11-13-37)22(15-39)23-20(29)4-3-5-21(23)30/h3-9,14,22,39H,10-13,15H2,1-2H3/t22-/m1/s1. The van der Waals surface area contributed by atoms with E-state index >= 15 is 0 Å². The third-order valence-electron chi connectivity index (χ3n) is 7.29. The lowest BCUT2D eigenvalue weighted by Gasteiger charge is -2.38. The van der Waals surface area contributed by atoms with Crippen LogP contribution in [0.25, 0.3) is 16.9 Å². The Bertz CT molecular complexity index is 1560. The molecule has 1 atom stereocenters. The second-order valence-corrected chi connectivity index (χ2v) is 9.62. The van der Waals surface area contributed by atoms with Crippen molar-refractivity contribution in [2.24, 2.45) is 0 Å². The summed E-state index contributed by atoms with van der Waals surface area (Å²) >= 11 is 0. The molecule has 3 heterocycles. The van der Waals surface area contributed by atoms with Crippen molar-refractivity contribution in [2.75, 3.05) is 39.9 Å². The van der Waals surface area contributed by atoms with Crippen LogP contribution in [-0.4, -0.2) is 75.3 Å². The molecule has 5 rings (SSSR count). The SMILES string of the molecule is COc1ccc(-c2nc3c(C(=O)N4CCN([C@H](CO)c5c(F)cccc5F)CC4)cnn3c(C(F)(F)F)c2C)cc1. The fourth-order valence-corrected chi connectivity index (χ4v) is 5.21. The van der Waals surface area contributed by atoms with E-state index in [0.717, 1.165) is 18.3 Å². The lowest BCUT2D eigenvalue weighted by Crippen LogP contribution is -2.50. The minimum Gasteiger partial charge on any atom is -0.497 e. The van der Waals surface area contributed by atoms with Crippen LogP contribution in [0.3, 0.4) is 0 Å². The van der Waals surface area contributed by atoms with E-state index in [0.29, 0.717) is 15.8 Å². The summed E-state index contributed by atoms with van der Waals surface area (Å²) in [7, 11) is 1.47. The van der Waals surface area contributed by atoms with E-state index in [4.69, 9.17) is 4.74 Å². The van der Waals surface area contributed by atoms with Crippen molar-refractivity contribution in [1.29, 1.82) is 0 Å². The van der Waals surface area contributed by atoms with Gasteiger partial charge in [0.25, 0.3) is 5.91 Å². The highest BCUT2D eigenvalue weighted by atomic mass is 19.4. The number of benzene rings is 2. The number of alkyl halides is 3. The van der Waals surface area contributed by atoms with Gasteiger partial charge in [-0.3, -0.25) is 9.69 Å². The van der Waals surface area contributed by atoms with Crippen LogP contribution in [0.5, 0.6) is 5.75 Å². The molecule has 1 N–H and O–H groups in total. The highest BCUT2D eigenvalue weighted by Crippen LogP contribution is 2.37. The molecular formula is C28H26F5N5O3. The van der Waals surface area contributed by atoms with Crippen LogP contribution in [0, 0.1) is 18.6 Å². The number of nitrogens with zero attached hydrogens (tertiary/aromatic N) is 5. The summed E-state index contributed by atoms with van der Waals surface area (Å²) < 4.78 is 77.2. The zero-order chi connectivity index (χ0) is 29.5. The van der Waals surface area contributed by atoms with E-state index in [2.05, 4.69) is 10.1 Å². The Morgan fingerprint density at radius 2 is 1.68 bits per heavy atom. The Hall–Kier alpha value is -4.10. The van der Waals surface area contributed by atoms with E-state index in [1.165, 1.54) is 25.0 Å². The number of carbonyl (C=O) groups excluding carboxylic acids is 1. The van der Waals surface area contributed by atoms with E-state index in [9.17, 15) is 31.9 Å². The van der Waals surface area contributed by atoms with Gasteiger partial charge >= 0.3 is 6.18 Å². The first kappa shape index (κ1) is 28.4. The molecule has 0 radical (unpaired) electrons. The molecule has 41 heavy (non-hydrogen) atoms. The number of fused-ring (bicyclic) bond motifs is 1. The molecule has 0 saturated carbocycles. The second kappa shape index (κ2) is 11.1. The number of halogens is 5. The van der Waals surface area contributed by atoms with Crippen LogP contribution in [0.2, 0.25) is 0 Å². The zero-order valence-corrected chi connectivity index (χ0v) is 22.1. The summed E-state index contributed by atoms with van der Waals surface area (Å²) in [4.78, 5) is 21.1. The molecule has 0 aliphatic carbocycles. The number of amides is 1. The number of hydrogen-bond acceptors (Lipinski definition) is 6. The van der Waals surface area contributed by atoms with Gasteiger partial charge in [-0.2, -0.15) is 18.3 Å². The molecule has 1 fully saturated rings. The van der Waals surface area contributed by atoms with Gasteiger partial charge in [0, 0.05) is 42.9 Å². The number of methoxy groups -OCH3 is 1. The van der Waals surface area contributed by atoms with Gasteiger partial charge in [0.15, 0.2) is 11.3 Å². The van der Waals surface area contributed by atoms with Gasteiger partial charge in [-0.15, -0.1) is 0 Å². The monoisotopic (exact) mass is 575 g/mol. The van der Waals surface area contributed by atoms with Crippen LogP contribution in [0.1, 0.15) is 33.2 Å². The van der Waals surface area contributed by atoms with Crippen molar-refractivity contribution < 1.29 is 36.6 Å². The van der Waals surface area contributed by atoms with Gasteiger partial charge < -0.3 is 14.7 Å². The fraction of sp³-hybridized carbons (Fsp3) is 0.321. The predicted octanol–water partition coefficient (Wildman–Crippen LogP) is 4.50. The van der Waals surface area contributed by atoms with Crippen LogP contribution in [0.4, 0.5) is 22.0 Å². The number of piperazine rings is 1. The zero-order valence-electron chi connectivity index (χ0n) is 22.1. The molecule has 13 heteroatoms. The van der Waals surface area contributed by atoms with Crippen molar-refractivity contribution in [3.05, 3.63) is 82.7 Å². The lowest BCUT2D eigenvalue weighted by atomic mass is 10.0. The van der Waals surface area contributed by atoms with Crippen LogP contribution in [-0.2, 0) is 6.18 Å². The Labute approximate surface area is 231 Å². The first-order chi connectivity index (χ1) is 19.5. The summed E-state index contributed by atoms with van der Waals surface area (Å²) in [5.74, 6) is -1.64. The molecule has 0 unspecified atom stereocenters. The average Bonchev–Trinajstić information content (AvgIpc) is 3.37. The normalized spacial score (nSPS) is 15.4. The maximum Gasteiger partial charge on any atom is 0.433 e. The summed E-state index contributed by atoms with van der Waals surface area (Å²) in [6.45, 7) is 1.30. The van der Waals surface area contributed by atoms with Gasteiger partial charge in [-0.25, -0.2) is 18.3 Å².